The molecule has 1 heterocycles. The van der Waals surface area contributed by atoms with Crippen LogP contribution in [0.1, 0.15) is 29.8 Å². The number of carbonyl (C=O) groups is 1. The molecule has 102 valence electrons. The lowest BCUT2D eigenvalue weighted by Gasteiger charge is -2.08. The lowest BCUT2D eigenvalue weighted by molar-refractivity contribution is 0.0696. The maximum atomic E-state index is 12.2. The Balaban J connectivity index is 2.40. The number of hydrogen-bond acceptors (Lipinski definition) is 4. The molecular weight excluding hydrogens is 266 g/mol. The minimum atomic E-state index is -3.48. The number of aromatic carboxylic acids is 1. The molecule has 2 N–H and O–H groups in total. The molecule has 0 saturated carbocycles. The van der Waals surface area contributed by atoms with Crippen molar-refractivity contribution in [1.29, 1.82) is 0 Å². The molecule has 0 fully saturated rings. The number of carboxylic acid groups (broad SMARTS) is 1. The standard InChI is InChI=1S/C13H15NO4S/c1-8(2)14-7-11-6-10-5-9(13(15)16)3-4-12(10)19(11,17)18/h3-6,8,14H,7H2,1-2H3,(H,15,16). The first-order valence-corrected chi connectivity index (χ1v) is 7.37. The SMILES string of the molecule is CC(C)NCC1=Cc2cc(C(=O)O)ccc2S1(=O)=O. The molecule has 0 radical (unpaired) electrons. The molecule has 5 nitrogen and oxygen atoms in total. The van der Waals surface area contributed by atoms with Gasteiger partial charge in [0.15, 0.2) is 0 Å². The van der Waals surface area contributed by atoms with E-state index in [1.165, 1.54) is 24.3 Å². The van der Waals surface area contributed by atoms with E-state index in [1.54, 1.807) is 0 Å². The minimum absolute atomic E-state index is 0.0864. The minimum Gasteiger partial charge on any atom is -0.478 e. The van der Waals surface area contributed by atoms with Crippen LogP contribution in [0.25, 0.3) is 6.08 Å². The summed E-state index contributed by atoms with van der Waals surface area (Å²) in [5.74, 6) is -1.07. The van der Waals surface area contributed by atoms with Crippen molar-refractivity contribution in [1.82, 2.24) is 5.32 Å². The molecular formula is C13H15NO4S. The molecule has 1 aromatic rings. The van der Waals surface area contributed by atoms with Crippen molar-refractivity contribution in [2.24, 2.45) is 0 Å². The highest BCUT2D eigenvalue weighted by Crippen LogP contribution is 2.33. The van der Waals surface area contributed by atoms with Gasteiger partial charge in [0.25, 0.3) is 0 Å². The van der Waals surface area contributed by atoms with Crippen LogP contribution in [0, 0.1) is 0 Å². The Morgan fingerprint density at radius 3 is 2.63 bits per heavy atom. The highest BCUT2D eigenvalue weighted by Gasteiger charge is 2.29. The van der Waals surface area contributed by atoms with Crippen molar-refractivity contribution in [2.45, 2.75) is 24.8 Å². The zero-order valence-corrected chi connectivity index (χ0v) is 11.5. The summed E-state index contributed by atoms with van der Waals surface area (Å²) in [6, 6.07) is 4.23. The number of sulfone groups is 1. The molecule has 1 aromatic carbocycles. The van der Waals surface area contributed by atoms with Gasteiger partial charge in [-0.15, -0.1) is 0 Å². The Hall–Kier alpha value is -1.66. The summed E-state index contributed by atoms with van der Waals surface area (Å²) in [5, 5.41) is 12.0. The lowest BCUT2D eigenvalue weighted by atomic mass is 10.1. The fourth-order valence-electron chi connectivity index (χ4n) is 1.88. The van der Waals surface area contributed by atoms with Crippen LogP contribution >= 0.6 is 0 Å². The summed E-state index contributed by atoms with van der Waals surface area (Å²) >= 11 is 0. The van der Waals surface area contributed by atoms with Gasteiger partial charge in [0, 0.05) is 12.6 Å². The van der Waals surface area contributed by atoms with Gasteiger partial charge in [0.05, 0.1) is 15.4 Å². The molecule has 0 spiro atoms. The summed E-state index contributed by atoms with van der Waals surface area (Å²) in [7, 11) is -3.48. The van der Waals surface area contributed by atoms with Crippen LogP contribution in [-0.4, -0.2) is 32.1 Å². The predicted octanol–water partition coefficient (Wildman–Crippen LogP) is 1.51. The average molecular weight is 281 g/mol. The van der Waals surface area contributed by atoms with E-state index in [0.717, 1.165) is 0 Å². The number of benzene rings is 1. The monoisotopic (exact) mass is 281 g/mol. The number of carboxylic acids is 1. The van der Waals surface area contributed by atoms with Gasteiger partial charge < -0.3 is 10.4 Å². The van der Waals surface area contributed by atoms with Gasteiger partial charge in [-0.2, -0.15) is 0 Å². The molecule has 2 rings (SSSR count). The maximum absolute atomic E-state index is 12.2. The fourth-order valence-corrected chi connectivity index (χ4v) is 3.40. The summed E-state index contributed by atoms with van der Waals surface area (Å²) in [6.07, 6.45) is 1.53. The van der Waals surface area contributed by atoms with Gasteiger partial charge in [-0.3, -0.25) is 0 Å². The topological polar surface area (TPSA) is 83.5 Å². The fraction of sp³-hybridized carbons (Fsp3) is 0.308. The first-order valence-electron chi connectivity index (χ1n) is 5.89. The zero-order chi connectivity index (χ0) is 14.2. The lowest BCUT2D eigenvalue weighted by Crippen LogP contribution is -2.26. The Labute approximate surface area is 111 Å². The van der Waals surface area contributed by atoms with Crippen LogP contribution in [0.3, 0.4) is 0 Å². The second-order valence-electron chi connectivity index (χ2n) is 4.71. The Morgan fingerprint density at radius 1 is 1.37 bits per heavy atom. The van der Waals surface area contributed by atoms with Gasteiger partial charge in [-0.05, 0) is 29.8 Å². The van der Waals surface area contributed by atoms with E-state index in [0.29, 0.717) is 5.56 Å². The number of fused-ring (bicyclic) bond motifs is 1. The molecule has 0 bridgehead atoms. The highest BCUT2D eigenvalue weighted by molar-refractivity contribution is 7.95. The van der Waals surface area contributed by atoms with Crippen molar-refractivity contribution in [3.8, 4) is 0 Å². The molecule has 0 unspecified atom stereocenters. The third kappa shape index (κ3) is 2.54. The largest absolute Gasteiger partial charge is 0.478 e. The molecule has 19 heavy (non-hydrogen) atoms. The maximum Gasteiger partial charge on any atom is 0.335 e. The van der Waals surface area contributed by atoms with E-state index in [-0.39, 0.29) is 28.0 Å². The van der Waals surface area contributed by atoms with Crippen LogP contribution in [0.15, 0.2) is 28.0 Å². The van der Waals surface area contributed by atoms with Crippen LogP contribution in [0.5, 0.6) is 0 Å². The van der Waals surface area contributed by atoms with Gasteiger partial charge in [0.2, 0.25) is 9.84 Å². The highest BCUT2D eigenvalue weighted by atomic mass is 32.2. The average Bonchev–Trinajstić information content (AvgIpc) is 2.57. The van der Waals surface area contributed by atoms with Gasteiger partial charge in [-0.25, -0.2) is 13.2 Å². The second-order valence-corrected chi connectivity index (χ2v) is 6.68. The van der Waals surface area contributed by atoms with E-state index in [2.05, 4.69) is 5.32 Å². The van der Waals surface area contributed by atoms with Crippen LogP contribution in [-0.2, 0) is 9.84 Å². The summed E-state index contributed by atoms with van der Waals surface area (Å²) in [5.41, 5.74) is 0.531. The van der Waals surface area contributed by atoms with Crippen LogP contribution in [0.4, 0.5) is 0 Å². The first kappa shape index (κ1) is 13.8. The van der Waals surface area contributed by atoms with E-state index in [4.69, 9.17) is 5.11 Å². The Morgan fingerprint density at radius 2 is 2.05 bits per heavy atom. The molecule has 0 aromatic heterocycles. The molecule has 0 amide bonds. The predicted molar refractivity (Wildman–Crippen MR) is 71.7 cm³/mol. The van der Waals surface area contributed by atoms with Crippen molar-refractivity contribution in [3.05, 3.63) is 34.2 Å². The molecule has 6 heteroatoms. The van der Waals surface area contributed by atoms with Crippen molar-refractivity contribution < 1.29 is 18.3 Å². The third-order valence-corrected chi connectivity index (χ3v) is 4.80. The number of rotatable bonds is 4. The molecule has 1 aliphatic heterocycles. The molecule has 1 aliphatic rings. The normalized spacial score (nSPS) is 16.3. The van der Waals surface area contributed by atoms with Crippen molar-refractivity contribution >= 4 is 21.9 Å². The molecule has 0 aliphatic carbocycles. The molecule has 0 atom stereocenters. The van der Waals surface area contributed by atoms with Crippen LogP contribution < -0.4 is 5.32 Å². The van der Waals surface area contributed by atoms with E-state index in [9.17, 15) is 13.2 Å². The van der Waals surface area contributed by atoms with E-state index < -0.39 is 15.8 Å². The summed E-state index contributed by atoms with van der Waals surface area (Å²) < 4.78 is 24.4. The zero-order valence-electron chi connectivity index (χ0n) is 10.7. The van der Waals surface area contributed by atoms with E-state index in [1.807, 2.05) is 13.8 Å². The smallest absolute Gasteiger partial charge is 0.335 e. The van der Waals surface area contributed by atoms with Gasteiger partial charge in [-0.1, -0.05) is 13.8 Å². The van der Waals surface area contributed by atoms with E-state index >= 15 is 0 Å². The second kappa shape index (κ2) is 4.79. The summed E-state index contributed by atoms with van der Waals surface area (Å²) in [6.45, 7) is 4.10. The van der Waals surface area contributed by atoms with Gasteiger partial charge in [0.1, 0.15) is 0 Å². The molecule has 0 saturated heterocycles. The summed E-state index contributed by atoms with van der Waals surface area (Å²) in [4.78, 5) is 11.3. The van der Waals surface area contributed by atoms with Crippen molar-refractivity contribution in [3.63, 3.8) is 0 Å². The van der Waals surface area contributed by atoms with Crippen molar-refractivity contribution in [2.75, 3.05) is 6.54 Å². The van der Waals surface area contributed by atoms with Gasteiger partial charge >= 0.3 is 5.97 Å². The quantitative estimate of drug-likeness (QED) is 0.874. The number of nitrogens with one attached hydrogen (secondary N) is 1. The first-order chi connectivity index (χ1) is 8.82. The third-order valence-electron chi connectivity index (χ3n) is 2.89. The Bertz CT molecular complexity index is 659. The Kier molecular flexibility index (Phi) is 3.47. The number of hydrogen-bond donors (Lipinski definition) is 2. The van der Waals surface area contributed by atoms with Crippen LogP contribution in [0.2, 0.25) is 0 Å².